The Morgan fingerprint density at radius 1 is 1.30 bits per heavy atom. The first-order valence-corrected chi connectivity index (χ1v) is 8.28. The molecule has 0 saturated heterocycles. The maximum absolute atomic E-state index is 12.5. The van der Waals surface area contributed by atoms with Gasteiger partial charge in [-0.2, -0.15) is 0 Å². The molecule has 0 amide bonds. The highest BCUT2D eigenvalue weighted by Crippen LogP contribution is 2.49. The van der Waals surface area contributed by atoms with Crippen LogP contribution in [0.4, 0.5) is 5.69 Å². The van der Waals surface area contributed by atoms with Gasteiger partial charge in [-0.15, -0.1) is 0 Å². The predicted molar refractivity (Wildman–Crippen MR) is 93.2 cm³/mol. The lowest BCUT2D eigenvalue weighted by atomic mass is 9.78. The molecule has 1 aromatic carbocycles. The van der Waals surface area contributed by atoms with Gasteiger partial charge < -0.3 is 14.4 Å². The number of para-hydroxylation sites is 1. The summed E-state index contributed by atoms with van der Waals surface area (Å²) in [5, 5.41) is 0. The predicted octanol–water partition coefficient (Wildman–Crippen LogP) is 3.99. The van der Waals surface area contributed by atoms with E-state index in [1.54, 1.807) is 7.11 Å². The average Bonchev–Trinajstić information content (AvgIpc) is 2.49. The highest BCUT2D eigenvalue weighted by Gasteiger charge is 2.45. The summed E-state index contributed by atoms with van der Waals surface area (Å²) in [7, 11) is 3.14. The number of esters is 1. The zero-order chi connectivity index (χ0) is 17.4. The van der Waals surface area contributed by atoms with Crippen molar-refractivity contribution in [3.8, 4) is 5.75 Å². The molecule has 128 valence electrons. The Balaban J connectivity index is 2.70. The Morgan fingerprint density at radius 2 is 1.96 bits per heavy atom. The second-order valence-electron chi connectivity index (χ2n) is 7.40. The molecule has 0 radical (unpaired) electrons. The summed E-state index contributed by atoms with van der Waals surface area (Å²) < 4.78 is 10.7. The molecule has 0 N–H and O–H groups in total. The van der Waals surface area contributed by atoms with Crippen molar-refractivity contribution in [1.29, 1.82) is 0 Å². The van der Waals surface area contributed by atoms with Gasteiger partial charge in [0.2, 0.25) is 0 Å². The molecule has 1 heterocycles. The van der Waals surface area contributed by atoms with Crippen molar-refractivity contribution in [3.05, 3.63) is 23.8 Å². The van der Waals surface area contributed by atoms with Crippen LogP contribution in [0.2, 0.25) is 0 Å². The van der Waals surface area contributed by atoms with E-state index in [1.807, 2.05) is 12.1 Å². The number of benzene rings is 1. The summed E-state index contributed by atoms with van der Waals surface area (Å²) in [4.78, 5) is 14.7. The van der Waals surface area contributed by atoms with Crippen LogP contribution in [0.25, 0.3) is 0 Å². The highest BCUT2D eigenvalue weighted by molar-refractivity contribution is 5.83. The van der Waals surface area contributed by atoms with Crippen LogP contribution in [0.1, 0.15) is 52.5 Å². The average molecular weight is 319 g/mol. The number of anilines is 1. The van der Waals surface area contributed by atoms with Gasteiger partial charge in [0, 0.05) is 5.54 Å². The van der Waals surface area contributed by atoms with Crippen LogP contribution < -0.4 is 9.64 Å². The summed E-state index contributed by atoms with van der Waals surface area (Å²) in [6.07, 6.45) is 0.980. The lowest BCUT2D eigenvalue weighted by molar-refractivity contribution is -0.143. The van der Waals surface area contributed by atoms with Crippen LogP contribution in [0, 0.1) is 5.92 Å². The summed E-state index contributed by atoms with van der Waals surface area (Å²) in [5.74, 6) is 1.17. The molecule has 1 aromatic rings. The molecule has 4 heteroatoms. The fourth-order valence-corrected chi connectivity index (χ4v) is 3.93. The smallest absolute Gasteiger partial charge is 0.328 e. The molecule has 0 saturated carbocycles. The van der Waals surface area contributed by atoms with Crippen LogP contribution >= 0.6 is 0 Å². The number of methoxy groups -OCH3 is 2. The van der Waals surface area contributed by atoms with E-state index < -0.39 is 0 Å². The molecular formula is C19H29NO3. The van der Waals surface area contributed by atoms with Gasteiger partial charge in [-0.3, -0.25) is 0 Å². The van der Waals surface area contributed by atoms with Crippen molar-refractivity contribution in [2.24, 2.45) is 5.92 Å². The quantitative estimate of drug-likeness (QED) is 0.787. The van der Waals surface area contributed by atoms with Crippen molar-refractivity contribution in [2.75, 3.05) is 19.1 Å². The number of hydrogen-bond donors (Lipinski definition) is 0. The molecule has 23 heavy (non-hydrogen) atoms. The zero-order valence-corrected chi connectivity index (χ0v) is 15.3. The van der Waals surface area contributed by atoms with Crippen LogP contribution in [0.15, 0.2) is 18.2 Å². The molecule has 2 atom stereocenters. The number of hydrogen-bond acceptors (Lipinski definition) is 4. The number of nitrogens with zero attached hydrogens (tertiary/aromatic N) is 1. The summed E-state index contributed by atoms with van der Waals surface area (Å²) in [6.45, 7) is 10.7. The maximum atomic E-state index is 12.5. The minimum atomic E-state index is -0.336. The van der Waals surface area contributed by atoms with Crippen LogP contribution in [0.3, 0.4) is 0 Å². The lowest BCUT2D eigenvalue weighted by Crippen LogP contribution is -2.58. The molecule has 0 unspecified atom stereocenters. The van der Waals surface area contributed by atoms with Crippen LogP contribution in [0.5, 0.6) is 5.75 Å². The second kappa shape index (κ2) is 6.42. The molecule has 0 bridgehead atoms. The molecule has 0 aliphatic carbocycles. The molecule has 0 spiro atoms. The zero-order valence-electron chi connectivity index (χ0n) is 15.3. The minimum Gasteiger partial charge on any atom is -0.495 e. The van der Waals surface area contributed by atoms with Crippen molar-refractivity contribution in [2.45, 2.75) is 58.5 Å². The first-order valence-electron chi connectivity index (χ1n) is 8.28. The van der Waals surface area contributed by atoms with E-state index in [0.29, 0.717) is 5.92 Å². The SMILES string of the molecule is COC(=O)[C@@H](C(C)C)N1c2c(OC)cccc2[C@@H](C)CC1(C)C. The number of ether oxygens (including phenoxy) is 2. The van der Waals surface area contributed by atoms with Gasteiger partial charge >= 0.3 is 5.97 Å². The van der Waals surface area contributed by atoms with Gasteiger partial charge in [-0.1, -0.05) is 32.9 Å². The maximum Gasteiger partial charge on any atom is 0.328 e. The third-order valence-electron chi connectivity index (χ3n) is 4.83. The van der Waals surface area contributed by atoms with Gasteiger partial charge in [-0.25, -0.2) is 4.79 Å². The van der Waals surface area contributed by atoms with Crippen molar-refractivity contribution < 1.29 is 14.3 Å². The summed E-state index contributed by atoms with van der Waals surface area (Å²) >= 11 is 0. The fraction of sp³-hybridized carbons (Fsp3) is 0.632. The van der Waals surface area contributed by atoms with Gasteiger partial charge in [0.05, 0.1) is 19.9 Å². The first-order chi connectivity index (χ1) is 10.7. The Kier molecular flexibility index (Phi) is 4.92. The third-order valence-corrected chi connectivity index (χ3v) is 4.83. The van der Waals surface area contributed by atoms with E-state index in [4.69, 9.17) is 9.47 Å². The Morgan fingerprint density at radius 3 is 2.48 bits per heavy atom. The van der Waals surface area contributed by atoms with Gasteiger partial charge in [-0.05, 0) is 43.7 Å². The summed E-state index contributed by atoms with van der Waals surface area (Å²) in [5.41, 5.74) is 2.10. The molecule has 1 aliphatic heterocycles. The van der Waals surface area contributed by atoms with E-state index in [0.717, 1.165) is 17.9 Å². The topological polar surface area (TPSA) is 38.8 Å². The second-order valence-corrected chi connectivity index (χ2v) is 7.40. The molecular weight excluding hydrogens is 290 g/mol. The van der Waals surface area contributed by atoms with Crippen molar-refractivity contribution >= 4 is 11.7 Å². The number of fused-ring (bicyclic) bond motifs is 1. The third kappa shape index (κ3) is 3.04. The van der Waals surface area contributed by atoms with Gasteiger partial charge in [0.25, 0.3) is 0 Å². The largest absolute Gasteiger partial charge is 0.495 e. The first kappa shape index (κ1) is 17.6. The Labute approximate surface area is 139 Å². The fourth-order valence-electron chi connectivity index (χ4n) is 3.93. The Bertz CT molecular complexity index is 580. The number of carbonyl (C=O) groups is 1. The van der Waals surface area contributed by atoms with E-state index >= 15 is 0 Å². The normalized spacial score (nSPS) is 20.9. The number of carbonyl (C=O) groups excluding carboxylic acids is 1. The molecule has 2 rings (SSSR count). The van der Waals surface area contributed by atoms with Crippen molar-refractivity contribution in [3.63, 3.8) is 0 Å². The van der Waals surface area contributed by atoms with E-state index in [1.165, 1.54) is 12.7 Å². The molecule has 0 fully saturated rings. The monoisotopic (exact) mass is 319 g/mol. The lowest BCUT2D eigenvalue weighted by Gasteiger charge is -2.51. The minimum absolute atomic E-state index is 0.132. The summed E-state index contributed by atoms with van der Waals surface area (Å²) in [6, 6.07) is 5.79. The van der Waals surface area contributed by atoms with Gasteiger partial charge in [0.1, 0.15) is 11.8 Å². The molecule has 4 nitrogen and oxygen atoms in total. The highest BCUT2D eigenvalue weighted by atomic mass is 16.5. The molecule has 0 aromatic heterocycles. The standard InChI is InChI=1S/C19H29NO3/c1-12(2)16(18(21)23-7)20-17-14(9-8-10-15(17)22-6)13(3)11-19(20,4)5/h8-10,12-13,16H,11H2,1-7H3/t13-,16+/m0/s1. The van der Waals surface area contributed by atoms with E-state index in [2.05, 4.69) is 45.6 Å². The van der Waals surface area contributed by atoms with Crippen molar-refractivity contribution in [1.82, 2.24) is 0 Å². The van der Waals surface area contributed by atoms with E-state index in [-0.39, 0.29) is 23.5 Å². The molecule has 1 aliphatic rings. The van der Waals surface area contributed by atoms with Gasteiger partial charge in [0.15, 0.2) is 0 Å². The van der Waals surface area contributed by atoms with E-state index in [9.17, 15) is 4.79 Å². The number of rotatable bonds is 4. The van der Waals surface area contributed by atoms with Crippen LogP contribution in [-0.4, -0.2) is 31.8 Å². The van der Waals surface area contributed by atoms with Crippen LogP contribution in [-0.2, 0) is 9.53 Å². The Hall–Kier alpha value is -1.71.